The number of carbonyl (C=O) groups excluding carboxylic acids is 2. The average molecular weight is 1080 g/mol. The van der Waals surface area contributed by atoms with E-state index in [0.29, 0.717) is 25.9 Å². The second-order valence-electron chi connectivity index (χ2n) is 24.2. The van der Waals surface area contributed by atoms with Gasteiger partial charge >= 0.3 is 5.97 Å². The van der Waals surface area contributed by atoms with Crippen LogP contribution < -0.4 is 5.32 Å². The molecule has 6 heteroatoms. The Kier molecular flexibility index (Phi) is 65.4. The van der Waals surface area contributed by atoms with Gasteiger partial charge in [0.2, 0.25) is 5.91 Å². The third kappa shape index (κ3) is 63.4. The summed E-state index contributed by atoms with van der Waals surface area (Å²) in [6, 6.07) is -0.534. The number of allylic oxidation sites excluding steroid dienone is 4. The fraction of sp³-hybridized carbons (Fsp3) is 0.915. The van der Waals surface area contributed by atoms with E-state index >= 15 is 0 Å². The van der Waals surface area contributed by atoms with Gasteiger partial charge in [0, 0.05) is 12.8 Å². The number of nitrogens with one attached hydrogen (secondary N) is 1. The molecule has 0 aromatic carbocycles. The molecule has 3 N–H and O–H groups in total. The highest BCUT2D eigenvalue weighted by Gasteiger charge is 2.20. The Bertz CT molecular complexity index is 1200. The SMILES string of the molecule is CCCC/C=C\C/C=C\CCCCCCCC(=O)OCCCCCCCCCCCCCCCCCCCCCCCCCCCCCCCCCCCCCCCC(=O)NC(CO)C(O)CCCCCCCCCCC. The van der Waals surface area contributed by atoms with Gasteiger partial charge in [-0.25, -0.2) is 0 Å². The topological polar surface area (TPSA) is 95.9 Å². The van der Waals surface area contributed by atoms with E-state index in [2.05, 4.69) is 43.5 Å². The van der Waals surface area contributed by atoms with Crippen molar-refractivity contribution in [2.45, 2.75) is 405 Å². The Morgan fingerprint density at radius 2 is 0.662 bits per heavy atom. The highest BCUT2D eigenvalue weighted by atomic mass is 16.5. The fourth-order valence-electron chi connectivity index (χ4n) is 11.1. The first-order valence-electron chi connectivity index (χ1n) is 35.1. The zero-order valence-electron chi connectivity index (χ0n) is 52.2. The van der Waals surface area contributed by atoms with Crippen molar-refractivity contribution < 1.29 is 24.5 Å². The second-order valence-corrected chi connectivity index (χ2v) is 24.2. The molecule has 77 heavy (non-hydrogen) atoms. The molecule has 0 saturated heterocycles. The summed E-state index contributed by atoms with van der Waals surface area (Å²) in [6.45, 7) is 4.91. The first-order valence-corrected chi connectivity index (χ1v) is 35.1. The minimum atomic E-state index is -0.657. The quantitative estimate of drug-likeness (QED) is 0.0320. The third-order valence-electron chi connectivity index (χ3n) is 16.5. The molecule has 0 spiro atoms. The van der Waals surface area contributed by atoms with E-state index in [-0.39, 0.29) is 18.5 Å². The van der Waals surface area contributed by atoms with Crippen LogP contribution in [0, 0.1) is 0 Å². The number of esters is 1. The van der Waals surface area contributed by atoms with Crippen LogP contribution in [0.4, 0.5) is 0 Å². The Labute approximate surface area is 481 Å². The first-order chi connectivity index (χ1) is 38.0. The summed E-state index contributed by atoms with van der Waals surface area (Å²) in [6.07, 6.45) is 84.0. The van der Waals surface area contributed by atoms with E-state index in [1.54, 1.807) is 0 Å². The molecule has 0 heterocycles. The van der Waals surface area contributed by atoms with E-state index < -0.39 is 12.1 Å². The Morgan fingerprint density at radius 1 is 0.364 bits per heavy atom. The molecule has 0 aliphatic rings. The van der Waals surface area contributed by atoms with Crippen molar-refractivity contribution in [2.75, 3.05) is 13.2 Å². The van der Waals surface area contributed by atoms with Crippen molar-refractivity contribution >= 4 is 11.9 Å². The van der Waals surface area contributed by atoms with Crippen LogP contribution in [-0.4, -0.2) is 47.4 Å². The lowest BCUT2D eigenvalue weighted by Gasteiger charge is -2.22. The van der Waals surface area contributed by atoms with Crippen molar-refractivity contribution in [3.05, 3.63) is 24.3 Å². The summed E-state index contributed by atoms with van der Waals surface area (Å²) in [5, 5.41) is 23.1. The predicted molar refractivity (Wildman–Crippen MR) is 338 cm³/mol. The molecule has 1 amide bonds. The molecule has 456 valence electrons. The number of amides is 1. The number of unbranched alkanes of at least 4 members (excludes halogenated alkanes) is 51. The second kappa shape index (κ2) is 66.8. The van der Waals surface area contributed by atoms with E-state index in [1.165, 1.54) is 308 Å². The summed E-state index contributed by atoms with van der Waals surface area (Å²) < 4.78 is 5.48. The van der Waals surface area contributed by atoms with Crippen molar-refractivity contribution in [3.63, 3.8) is 0 Å². The fourth-order valence-corrected chi connectivity index (χ4v) is 11.1. The Balaban J connectivity index is 3.26. The predicted octanol–water partition coefficient (Wildman–Crippen LogP) is 22.5. The number of carbonyl (C=O) groups is 2. The van der Waals surface area contributed by atoms with Crippen molar-refractivity contribution in [1.82, 2.24) is 5.32 Å². The summed E-state index contributed by atoms with van der Waals surface area (Å²) in [7, 11) is 0. The molecule has 2 unspecified atom stereocenters. The van der Waals surface area contributed by atoms with Crippen LogP contribution in [0.3, 0.4) is 0 Å². The van der Waals surface area contributed by atoms with Crippen LogP contribution in [0.15, 0.2) is 24.3 Å². The van der Waals surface area contributed by atoms with Crippen LogP contribution >= 0.6 is 0 Å². The Morgan fingerprint density at radius 3 is 1.03 bits per heavy atom. The minimum Gasteiger partial charge on any atom is -0.466 e. The van der Waals surface area contributed by atoms with Crippen molar-refractivity contribution in [1.29, 1.82) is 0 Å². The molecule has 6 nitrogen and oxygen atoms in total. The van der Waals surface area contributed by atoms with E-state index in [0.717, 1.165) is 51.4 Å². The van der Waals surface area contributed by atoms with Crippen LogP contribution in [0.25, 0.3) is 0 Å². The molecule has 0 fully saturated rings. The molecule has 0 radical (unpaired) electrons. The van der Waals surface area contributed by atoms with E-state index in [9.17, 15) is 19.8 Å². The number of hydrogen-bond donors (Lipinski definition) is 3. The van der Waals surface area contributed by atoms with Gasteiger partial charge in [0.15, 0.2) is 0 Å². The maximum absolute atomic E-state index is 12.4. The largest absolute Gasteiger partial charge is 0.466 e. The molecule has 0 bridgehead atoms. The van der Waals surface area contributed by atoms with Gasteiger partial charge in [0.1, 0.15) is 0 Å². The number of hydrogen-bond acceptors (Lipinski definition) is 5. The van der Waals surface area contributed by atoms with Gasteiger partial charge in [-0.1, -0.05) is 353 Å². The highest BCUT2D eigenvalue weighted by Crippen LogP contribution is 2.19. The molecule has 2 atom stereocenters. The number of aliphatic hydroxyl groups is 2. The summed E-state index contributed by atoms with van der Waals surface area (Å²) in [5.74, 6) is -0.0209. The number of rotatable bonds is 66. The summed E-state index contributed by atoms with van der Waals surface area (Å²) in [4.78, 5) is 24.5. The first kappa shape index (κ1) is 75.3. The maximum Gasteiger partial charge on any atom is 0.305 e. The van der Waals surface area contributed by atoms with Gasteiger partial charge in [0.25, 0.3) is 0 Å². The zero-order valence-corrected chi connectivity index (χ0v) is 52.2. The third-order valence-corrected chi connectivity index (χ3v) is 16.5. The molecule has 0 aromatic rings. The Hall–Kier alpha value is -1.66. The molecule has 0 aliphatic heterocycles. The molecule has 0 aromatic heterocycles. The summed E-state index contributed by atoms with van der Waals surface area (Å²) in [5.41, 5.74) is 0. The van der Waals surface area contributed by atoms with Gasteiger partial charge in [-0.15, -0.1) is 0 Å². The normalized spacial score (nSPS) is 12.6. The maximum atomic E-state index is 12.4. The van der Waals surface area contributed by atoms with Crippen LogP contribution in [0.1, 0.15) is 393 Å². The lowest BCUT2D eigenvalue weighted by atomic mass is 10.0. The van der Waals surface area contributed by atoms with Gasteiger partial charge in [-0.05, 0) is 51.4 Å². The molecular formula is C71H137NO5. The van der Waals surface area contributed by atoms with Gasteiger partial charge in [-0.3, -0.25) is 9.59 Å². The van der Waals surface area contributed by atoms with Gasteiger partial charge in [0.05, 0.1) is 25.4 Å². The standard InChI is InChI=1S/C71H137NO5/c1-3-5-7-9-11-13-14-15-42-45-49-53-57-61-65-71(76)77-66-62-58-54-50-46-43-40-38-36-34-32-30-28-26-24-22-20-18-16-17-19-21-23-25-27-29-31-33-35-37-39-41-44-48-52-56-60-64-70(75)72-68(67-73)69(74)63-59-55-51-47-12-10-8-6-4-2/h9,11,14-15,68-69,73-74H,3-8,10,12-13,16-67H2,1-2H3,(H,72,75)/b11-9-,15-14-. The smallest absolute Gasteiger partial charge is 0.305 e. The van der Waals surface area contributed by atoms with E-state index in [1.807, 2.05) is 0 Å². The molecule has 0 rings (SSSR count). The highest BCUT2D eigenvalue weighted by molar-refractivity contribution is 5.76. The monoisotopic (exact) mass is 1080 g/mol. The van der Waals surface area contributed by atoms with Gasteiger partial charge < -0.3 is 20.3 Å². The molecule has 0 saturated carbocycles. The zero-order chi connectivity index (χ0) is 55.7. The lowest BCUT2D eigenvalue weighted by molar-refractivity contribution is -0.143. The molecule has 0 aliphatic carbocycles. The average Bonchev–Trinajstić information content (AvgIpc) is 3.43. The van der Waals surface area contributed by atoms with Crippen LogP contribution in [0.5, 0.6) is 0 Å². The minimum absolute atomic E-state index is 0.00898. The summed E-state index contributed by atoms with van der Waals surface area (Å²) >= 11 is 0. The van der Waals surface area contributed by atoms with Crippen molar-refractivity contribution in [3.8, 4) is 0 Å². The van der Waals surface area contributed by atoms with Crippen molar-refractivity contribution in [2.24, 2.45) is 0 Å². The van der Waals surface area contributed by atoms with Gasteiger partial charge in [-0.2, -0.15) is 0 Å². The number of aliphatic hydroxyl groups excluding tert-OH is 2. The van der Waals surface area contributed by atoms with E-state index in [4.69, 9.17) is 4.74 Å². The lowest BCUT2D eigenvalue weighted by Crippen LogP contribution is -2.45. The molecular weight excluding hydrogens is 947 g/mol. The van der Waals surface area contributed by atoms with Crippen LogP contribution in [-0.2, 0) is 14.3 Å². The van der Waals surface area contributed by atoms with Crippen LogP contribution in [0.2, 0.25) is 0 Å². The number of ether oxygens (including phenoxy) is 1.